The zero-order valence-corrected chi connectivity index (χ0v) is 14.2. The van der Waals surface area contributed by atoms with Crippen LogP contribution in [0.4, 0.5) is 0 Å². The van der Waals surface area contributed by atoms with Gasteiger partial charge < -0.3 is 14.8 Å². The first kappa shape index (κ1) is 15.3. The normalized spacial score (nSPS) is 24.7. The van der Waals surface area contributed by atoms with E-state index in [0.717, 1.165) is 55.9 Å². The Bertz CT molecular complexity index is 492. The quantitative estimate of drug-likeness (QED) is 0.880. The number of halogens is 1. The van der Waals surface area contributed by atoms with Gasteiger partial charge in [0.25, 0.3) is 0 Å². The smallest absolute Gasteiger partial charge is 0.125 e. The summed E-state index contributed by atoms with van der Waals surface area (Å²) < 4.78 is 12.7. The van der Waals surface area contributed by atoms with Gasteiger partial charge in [0.1, 0.15) is 5.75 Å². The number of rotatable bonds is 5. The first-order valence-corrected chi connectivity index (χ1v) is 8.82. The van der Waals surface area contributed by atoms with Crippen molar-refractivity contribution in [3.05, 3.63) is 27.7 Å². The van der Waals surface area contributed by atoms with Crippen LogP contribution in [0.5, 0.6) is 5.75 Å². The third-order valence-electron chi connectivity index (χ3n) is 4.44. The minimum Gasteiger partial charge on any atom is -0.493 e. The summed E-state index contributed by atoms with van der Waals surface area (Å²) in [6.07, 6.45) is 4.35. The molecule has 4 heteroatoms. The van der Waals surface area contributed by atoms with Gasteiger partial charge in [0.2, 0.25) is 0 Å². The molecule has 0 saturated carbocycles. The van der Waals surface area contributed by atoms with E-state index in [0.29, 0.717) is 12.0 Å². The fourth-order valence-corrected chi connectivity index (χ4v) is 3.93. The van der Waals surface area contributed by atoms with Gasteiger partial charge in [0.05, 0.1) is 13.2 Å². The van der Waals surface area contributed by atoms with Crippen molar-refractivity contribution in [2.45, 2.75) is 38.6 Å². The Labute approximate surface area is 135 Å². The lowest BCUT2D eigenvalue weighted by Gasteiger charge is -2.32. The van der Waals surface area contributed by atoms with Crippen molar-refractivity contribution in [2.24, 2.45) is 5.92 Å². The van der Waals surface area contributed by atoms with Gasteiger partial charge in [-0.15, -0.1) is 0 Å². The summed E-state index contributed by atoms with van der Waals surface area (Å²) in [5, 5.41) is 3.69. The summed E-state index contributed by atoms with van der Waals surface area (Å²) in [7, 11) is 0. The van der Waals surface area contributed by atoms with E-state index in [1.54, 1.807) is 0 Å². The fraction of sp³-hybridized carbons (Fsp3) is 0.647. The van der Waals surface area contributed by atoms with Crippen molar-refractivity contribution in [3.8, 4) is 5.75 Å². The van der Waals surface area contributed by atoms with Crippen molar-refractivity contribution in [1.29, 1.82) is 0 Å². The van der Waals surface area contributed by atoms with Crippen LogP contribution in [0.1, 0.15) is 30.9 Å². The van der Waals surface area contributed by atoms with Gasteiger partial charge >= 0.3 is 0 Å². The zero-order chi connectivity index (χ0) is 14.7. The molecule has 2 aliphatic rings. The molecule has 3 rings (SSSR count). The number of benzene rings is 1. The molecule has 1 aromatic rings. The minimum atomic E-state index is 0.535. The molecule has 1 aromatic carbocycles. The molecule has 3 nitrogen and oxygen atoms in total. The molecular formula is C17H24BrNO2. The summed E-state index contributed by atoms with van der Waals surface area (Å²) in [5.74, 6) is 1.66. The number of fused-ring (bicyclic) bond motifs is 1. The maximum Gasteiger partial charge on any atom is 0.125 e. The first-order chi connectivity index (χ1) is 10.3. The molecule has 0 bridgehead atoms. The monoisotopic (exact) mass is 353 g/mol. The summed E-state index contributed by atoms with van der Waals surface area (Å²) >= 11 is 3.64. The summed E-state index contributed by atoms with van der Waals surface area (Å²) in [6, 6.07) is 4.97. The van der Waals surface area contributed by atoms with Gasteiger partial charge in [-0.1, -0.05) is 22.9 Å². The van der Waals surface area contributed by atoms with Crippen LogP contribution in [0.3, 0.4) is 0 Å². The molecule has 2 aliphatic heterocycles. The van der Waals surface area contributed by atoms with Crippen molar-refractivity contribution in [3.63, 3.8) is 0 Å². The predicted octanol–water partition coefficient (Wildman–Crippen LogP) is 3.33. The second-order valence-corrected chi connectivity index (χ2v) is 6.96. The van der Waals surface area contributed by atoms with Gasteiger partial charge in [-0.2, -0.15) is 0 Å². The molecule has 0 radical (unpaired) electrons. The molecular weight excluding hydrogens is 330 g/mol. The topological polar surface area (TPSA) is 30.5 Å². The SMILES string of the molecule is CCCNC1CCOCC1Cc1cc(Br)cc2c1OCC2. The highest BCUT2D eigenvalue weighted by Crippen LogP contribution is 2.35. The maximum atomic E-state index is 5.86. The van der Waals surface area contributed by atoms with Crippen LogP contribution in [-0.4, -0.2) is 32.4 Å². The predicted molar refractivity (Wildman–Crippen MR) is 88.1 cm³/mol. The Kier molecular flexibility index (Phi) is 5.19. The number of ether oxygens (including phenoxy) is 2. The second-order valence-electron chi connectivity index (χ2n) is 6.04. The number of hydrogen-bond acceptors (Lipinski definition) is 3. The lowest BCUT2D eigenvalue weighted by Crippen LogP contribution is -2.44. The van der Waals surface area contributed by atoms with Crippen molar-refractivity contribution < 1.29 is 9.47 Å². The number of hydrogen-bond donors (Lipinski definition) is 1. The maximum absolute atomic E-state index is 5.86. The van der Waals surface area contributed by atoms with Crippen LogP contribution in [0.2, 0.25) is 0 Å². The van der Waals surface area contributed by atoms with E-state index in [2.05, 4.69) is 40.3 Å². The van der Waals surface area contributed by atoms with Gasteiger partial charge in [-0.05, 0) is 49.1 Å². The van der Waals surface area contributed by atoms with Crippen LogP contribution in [0, 0.1) is 5.92 Å². The van der Waals surface area contributed by atoms with Crippen LogP contribution in [0.15, 0.2) is 16.6 Å². The van der Waals surface area contributed by atoms with E-state index in [1.165, 1.54) is 17.5 Å². The van der Waals surface area contributed by atoms with E-state index < -0.39 is 0 Å². The Morgan fingerprint density at radius 3 is 3.10 bits per heavy atom. The lowest BCUT2D eigenvalue weighted by molar-refractivity contribution is 0.0321. The minimum absolute atomic E-state index is 0.535. The highest BCUT2D eigenvalue weighted by molar-refractivity contribution is 9.10. The second kappa shape index (κ2) is 7.12. The third-order valence-corrected chi connectivity index (χ3v) is 4.90. The molecule has 0 spiro atoms. The van der Waals surface area contributed by atoms with Crippen LogP contribution in [0.25, 0.3) is 0 Å². The van der Waals surface area contributed by atoms with E-state index in [9.17, 15) is 0 Å². The molecule has 0 aromatic heterocycles. The average molecular weight is 354 g/mol. The largest absolute Gasteiger partial charge is 0.493 e. The van der Waals surface area contributed by atoms with Crippen LogP contribution in [-0.2, 0) is 17.6 Å². The molecule has 2 heterocycles. The number of nitrogens with one attached hydrogen (secondary N) is 1. The Morgan fingerprint density at radius 2 is 2.24 bits per heavy atom. The third kappa shape index (κ3) is 3.61. The molecule has 0 aliphatic carbocycles. The molecule has 1 saturated heterocycles. The van der Waals surface area contributed by atoms with E-state index in [-0.39, 0.29) is 0 Å². The highest BCUT2D eigenvalue weighted by Gasteiger charge is 2.28. The molecule has 21 heavy (non-hydrogen) atoms. The zero-order valence-electron chi connectivity index (χ0n) is 12.7. The Hall–Kier alpha value is -0.580. The van der Waals surface area contributed by atoms with E-state index in [1.807, 2.05) is 0 Å². The van der Waals surface area contributed by atoms with Crippen molar-refractivity contribution in [1.82, 2.24) is 5.32 Å². The van der Waals surface area contributed by atoms with Crippen LogP contribution >= 0.6 is 15.9 Å². The Morgan fingerprint density at radius 1 is 1.33 bits per heavy atom. The molecule has 116 valence electrons. The molecule has 2 atom stereocenters. The molecule has 1 fully saturated rings. The van der Waals surface area contributed by atoms with Crippen LogP contribution < -0.4 is 10.1 Å². The van der Waals surface area contributed by atoms with Gasteiger partial charge in [-0.25, -0.2) is 0 Å². The fourth-order valence-electron chi connectivity index (χ4n) is 3.38. The first-order valence-electron chi connectivity index (χ1n) is 8.03. The summed E-state index contributed by atoms with van der Waals surface area (Å²) in [5.41, 5.74) is 2.67. The summed E-state index contributed by atoms with van der Waals surface area (Å²) in [4.78, 5) is 0. The Balaban J connectivity index is 1.75. The van der Waals surface area contributed by atoms with E-state index >= 15 is 0 Å². The molecule has 2 unspecified atom stereocenters. The summed E-state index contributed by atoms with van der Waals surface area (Å²) in [6.45, 7) is 5.86. The van der Waals surface area contributed by atoms with Gasteiger partial charge in [0.15, 0.2) is 0 Å². The van der Waals surface area contributed by atoms with E-state index in [4.69, 9.17) is 9.47 Å². The van der Waals surface area contributed by atoms with Gasteiger partial charge in [-0.3, -0.25) is 0 Å². The average Bonchev–Trinajstić information content (AvgIpc) is 2.94. The lowest BCUT2D eigenvalue weighted by atomic mass is 9.88. The van der Waals surface area contributed by atoms with Gasteiger partial charge in [0, 0.05) is 29.5 Å². The standard InChI is InChI=1S/C17H24BrNO2/c1-2-5-19-16-4-6-20-11-14(16)8-13-10-15(18)9-12-3-7-21-17(12)13/h9-10,14,16,19H,2-8,11H2,1H3. The van der Waals surface area contributed by atoms with Crippen molar-refractivity contribution in [2.75, 3.05) is 26.4 Å². The molecule has 1 N–H and O–H groups in total. The molecule has 0 amide bonds. The van der Waals surface area contributed by atoms with Crippen molar-refractivity contribution >= 4 is 15.9 Å². The highest BCUT2D eigenvalue weighted by atomic mass is 79.9.